The number of hydrogen-bond acceptors (Lipinski definition) is 4. The van der Waals surface area contributed by atoms with Crippen molar-refractivity contribution in [3.63, 3.8) is 0 Å². The summed E-state index contributed by atoms with van der Waals surface area (Å²) in [6.45, 7) is 0. The molecule has 0 unspecified atom stereocenters. The summed E-state index contributed by atoms with van der Waals surface area (Å²) in [5.41, 5.74) is 1.93. The molecule has 1 amide bonds. The Balaban J connectivity index is 1.70. The van der Waals surface area contributed by atoms with Gasteiger partial charge in [0, 0.05) is 28.7 Å². The predicted molar refractivity (Wildman–Crippen MR) is 110 cm³/mol. The van der Waals surface area contributed by atoms with Crippen LogP contribution in [0, 0.1) is 0 Å². The quantitative estimate of drug-likeness (QED) is 0.534. The van der Waals surface area contributed by atoms with E-state index in [0.717, 1.165) is 21.7 Å². The highest BCUT2D eigenvalue weighted by molar-refractivity contribution is 6.12. The fraction of sp³-hybridized carbons (Fsp3) is 0.136. The number of aromatic amines is 1. The van der Waals surface area contributed by atoms with Gasteiger partial charge in [-0.25, -0.2) is 0 Å². The number of H-pyrrole nitrogens is 1. The summed E-state index contributed by atoms with van der Waals surface area (Å²) in [6, 6.07) is 17.4. The van der Waals surface area contributed by atoms with Crippen LogP contribution in [0.2, 0.25) is 0 Å². The molecule has 4 rings (SSSR count). The third kappa shape index (κ3) is 2.99. The van der Waals surface area contributed by atoms with Crippen molar-refractivity contribution in [2.45, 2.75) is 0 Å². The summed E-state index contributed by atoms with van der Waals surface area (Å²) >= 11 is 0. The molecule has 0 aliphatic rings. The monoisotopic (exact) mass is 376 g/mol. The lowest BCUT2D eigenvalue weighted by Crippen LogP contribution is -2.12. The Morgan fingerprint density at radius 1 is 0.857 bits per heavy atom. The molecule has 0 aliphatic heterocycles. The van der Waals surface area contributed by atoms with E-state index in [1.807, 2.05) is 36.4 Å². The number of carbonyl (C=O) groups is 1. The lowest BCUT2D eigenvalue weighted by atomic mass is 10.1. The van der Waals surface area contributed by atoms with Gasteiger partial charge < -0.3 is 24.5 Å². The van der Waals surface area contributed by atoms with Crippen molar-refractivity contribution in [3.05, 3.63) is 60.3 Å². The maximum atomic E-state index is 12.8. The average molecular weight is 376 g/mol. The predicted octanol–water partition coefficient (Wildman–Crippen LogP) is 4.60. The molecular weight excluding hydrogens is 356 g/mol. The maximum Gasteiger partial charge on any atom is 0.272 e. The second-order valence-electron chi connectivity index (χ2n) is 6.30. The van der Waals surface area contributed by atoms with Crippen LogP contribution in [0.5, 0.6) is 17.2 Å². The molecule has 1 heterocycles. The first-order valence-corrected chi connectivity index (χ1v) is 8.76. The minimum Gasteiger partial charge on any atom is -0.493 e. The van der Waals surface area contributed by atoms with Crippen molar-refractivity contribution in [1.29, 1.82) is 0 Å². The molecule has 0 radical (unpaired) electrons. The number of methoxy groups -OCH3 is 3. The van der Waals surface area contributed by atoms with Crippen LogP contribution >= 0.6 is 0 Å². The number of hydrogen-bond donors (Lipinski definition) is 2. The Bertz CT molecular complexity index is 1150. The van der Waals surface area contributed by atoms with Crippen LogP contribution in [0.1, 0.15) is 10.5 Å². The van der Waals surface area contributed by atoms with Gasteiger partial charge >= 0.3 is 0 Å². The highest BCUT2D eigenvalue weighted by Gasteiger charge is 2.16. The summed E-state index contributed by atoms with van der Waals surface area (Å²) in [4.78, 5) is 16.0. The van der Waals surface area contributed by atoms with Crippen LogP contribution in [-0.2, 0) is 0 Å². The maximum absolute atomic E-state index is 12.8. The Labute approximate surface area is 162 Å². The number of fused-ring (bicyclic) bond motifs is 3. The van der Waals surface area contributed by atoms with Crippen LogP contribution in [0.25, 0.3) is 21.7 Å². The molecule has 3 aromatic carbocycles. The number of nitrogens with one attached hydrogen (secondary N) is 2. The molecule has 1 aromatic heterocycles. The normalized spacial score (nSPS) is 10.8. The topological polar surface area (TPSA) is 72.6 Å². The van der Waals surface area contributed by atoms with Crippen molar-refractivity contribution in [2.75, 3.05) is 26.6 Å². The first-order valence-electron chi connectivity index (χ1n) is 8.76. The Hall–Kier alpha value is -3.67. The molecule has 6 heteroatoms. The molecular formula is C22H20N2O4. The van der Waals surface area contributed by atoms with E-state index < -0.39 is 0 Å². The number of anilines is 1. The zero-order valence-electron chi connectivity index (χ0n) is 15.8. The largest absolute Gasteiger partial charge is 0.493 e. The fourth-order valence-electron chi connectivity index (χ4n) is 3.36. The van der Waals surface area contributed by atoms with Gasteiger partial charge in [-0.05, 0) is 22.9 Å². The fourth-order valence-corrected chi connectivity index (χ4v) is 3.36. The SMILES string of the molecule is COc1cc(NC(=O)c2cc3c(ccc4ccccc43)[nH]2)cc(OC)c1OC. The van der Waals surface area contributed by atoms with Crippen LogP contribution in [0.3, 0.4) is 0 Å². The van der Waals surface area contributed by atoms with Gasteiger partial charge in [0.15, 0.2) is 11.5 Å². The van der Waals surface area contributed by atoms with E-state index >= 15 is 0 Å². The van der Waals surface area contributed by atoms with Crippen LogP contribution in [0.15, 0.2) is 54.6 Å². The molecule has 0 saturated heterocycles. The van der Waals surface area contributed by atoms with E-state index in [4.69, 9.17) is 14.2 Å². The molecule has 0 aliphatic carbocycles. The Kier molecular flexibility index (Phi) is 4.53. The molecule has 0 atom stereocenters. The van der Waals surface area contributed by atoms with Gasteiger partial charge in [0.1, 0.15) is 5.69 Å². The number of carbonyl (C=O) groups excluding carboxylic acids is 1. The van der Waals surface area contributed by atoms with Crippen molar-refractivity contribution in [2.24, 2.45) is 0 Å². The summed E-state index contributed by atoms with van der Waals surface area (Å²) in [5.74, 6) is 1.16. The molecule has 4 aromatic rings. The second-order valence-corrected chi connectivity index (χ2v) is 6.30. The van der Waals surface area contributed by atoms with E-state index in [1.165, 1.54) is 21.3 Å². The highest BCUT2D eigenvalue weighted by atomic mass is 16.5. The zero-order chi connectivity index (χ0) is 19.7. The van der Waals surface area contributed by atoms with E-state index in [9.17, 15) is 4.79 Å². The van der Waals surface area contributed by atoms with Crippen LogP contribution < -0.4 is 19.5 Å². The smallest absolute Gasteiger partial charge is 0.272 e. The summed E-state index contributed by atoms with van der Waals surface area (Å²) in [7, 11) is 4.60. The van der Waals surface area contributed by atoms with E-state index in [1.54, 1.807) is 12.1 Å². The lowest BCUT2D eigenvalue weighted by Gasteiger charge is -2.14. The first kappa shape index (κ1) is 17.7. The number of aromatic nitrogens is 1. The number of benzene rings is 3. The van der Waals surface area contributed by atoms with Gasteiger partial charge in [-0.1, -0.05) is 30.3 Å². The summed E-state index contributed by atoms with van der Waals surface area (Å²) < 4.78 is 16.0. The molecule has 0 spiro atoms. The molecule has 0 bridgehead atoms. The third-order valence-electron chi connectivity index (χ3n) is 4.70. The van der Waals surface area contributed by atoms with E-state index in [-0.39, 0.29) is 5.91 Å². The summed E-state index contributed by atoms with van der Waals surface area (Å²) in [6.07, 6.45) is 0. The van der Waals surface area contributed by atoms with Gasteiger partial charge in [0.25, 0.3) is 5.91 Å². The number of amides is 1. The molecule has 142 valence electrons. The summed E-state index contributed by atoms with van der Waals surface area (Å²) in [5, 5.41) is 6.12. The van der Waals surface area contributed by atoms with Crippen molar-refractivity contribution < 1.29 is 19.0 Å². The van der Waals surface area contributed by atoms with Crippen molar-refractivity contribution >= 4 is 33.3 Å². The standard InChI is InChI=1S/C22H20N2O4/c1-26-19-10-14(11-20(27-2)21(19)28-3)23-22(25)18-12-16-15-7-5-4-6-13(15)8-9-17(16)24-18/h4-12,24H,1-3H3,(H,23,25). The molecule has 6 nitrogen and oxygen atoms in total. The minimum atomic E-state index is -0.255. The van der Waals surface area contributed by atoms with Gasteiger partial charge in [-0.15, -0.1) is 0 Å². The van der Waals surface area contributed by atoms with Gasteiger partial charge in [-0.2, -0.15) is 0 Å². The van der Waals surface area contributed by atoms with Gasteiger partial charge in [-0.3, -0.25) is 4.79 Å². The highest BCUT2D eigenvalue weighted by Crippen LogP contribution is 2.40. The third-order valence-corrected chi connectivity index (χ3v) is 4.70. The van der Waals surface area contributed by atoms with E-state index in [0.29, 0.717) is 28.6 Å². The first-order chi connectivity index (χ1) is 13.6. The van der Waals surface area contributed by atoms with Gasteiger partial charge in [0.05, 0.1) is 21.3 Å². The number of ether oxygens (including phenoxy) is 3. The Morgan fingerprint density at radius 2 is 1.57 bits per heavy atom. The molecule has 2 N–H and O–H groups in total. The molecule has 28 heavy (non-hydrogen) atoms. The van der Waals surface area contributed by atoms with Crippen LogP contribution in [-0.4, -0.2) is 32.2 Å². The van der Waals surface area contributed by atoms with Crippen LogP contribution in [0.4, 0.5) is 5.69 Å². The molecule has 0 fully saturated rings. The minimum absolute atomic E-state index is 0.255. The molecule has 0 saturated carbocycles. The van der Waals surface area contributed by atoms with E-state index in [2.05, 4.69) is 16.4 Å². The zero-order valence-corrected chi connectivity index (χ0v) is 15.8. The van der Waals surface area contributed by atoms with Gasteiger partial charge in [0.2, 0.25) is 5.75 Å². The number of rotatable bonds is 5. The second kappa shape index (κ2) is 7.15. The Morgan fingerprint density at radius 3 is 2.25 bits per heavy atom. The van der Waals surface area contributed by atoms with Crippen molar-refractivity contribution in [1.82, 2.24) is 4.98 Å². The average Bonchev–Trinajstić information content (AvgIpc) is 3.18. The lowest BCUT2D eigenvalue weighted by molar-refractivity contribution is 0.102. The van der Waals surface area contributed by atoms with Crippen molar-refractivity contribution in [3.8, 4) is 17.2 Å².